The van der Waals surface area contributed by atoms with Crippen molar-refractivity contribution in [3.05, 3.63) is 63.2 Å². The number of amides is 1. The first-order chi connectivity index (χ1) is 13.7. The molecule has 29 heavy (non-hydrogen) atoms. The molecule has 1 saturated heterocycles. The molecule has 9 nitrogen and oxygen atoms in total. The van der Waals surface area contributed by atoms with Crippen LogP contribution in [0.25, 0.3) is 0 Å². The van der Waals surface area contributed by atoms with Crippen LogP contribution in [0.15, 0.2) is 41.3 Å². The molecule has 2 aromatic rings. The highest BCUT2D eigenvalue weighted by Gasteiger charge is 2.27. The van der Waals surface area contributed by atoms with E-state index in [2.05, 4.69) is 5.32 Å². The highest BCUT2D eigenvalue weighted by molar-refractivity contribution is 7.89. The minimum atomic E-state index is -3.75. The summed E-state index contributed by atoms with van der Waals surface area (Å²) in [7, 11) is -3.75. The maximum Gasteiger partial charge on any atom is 0.274 e. The first-order valence-electron chi connectivity index (χ1n) is 8.95. The van der Waals surface area contributed by atoms with Crippen molar-refractivity contribution in [2.75, 3.05) is 31.6 Å². The maximum absolute atomic E-state index is 12.9. The Morgan fingerprint density at radius 2 is 1.86 bits per heavy atom. The lowest BCUT2D eigenvalue weighted by atomic mass is 10.1. The van der Waals surface area contributed by atoms with Crippen LogP contribution in [0.1, 0.15) is 21.5 Å². The summed E-state index contributed by atoms with van der Waals surface area (Å²) in [4.78, 5) is 23.4. The number of nitro benzene ring substituents is 1. The summed E-state index contributed by atoms with van der Waals surface area (Å²) in [5.41, 5.74) is 1.28. The Morgan fingerprint density at radius 3 is 2.52 bits per heavy atom. The molecule has 0 spiro atoms. The highest BCUT2D eigenvalue weighted by atomic mass is 32.2. The highest BCUT2D eigenvalue weighted by Crippen LogP contribution is 2.26. The number of rotatable bonds is 5. The molecular formula is C19H21N3O6S. The fraction of sp³-hybridized carbons (Fsp3) is 0.316. The minimum absolute atomic E-state index is 0.0194. The number of hydrogen-bond acceptors (Lipinski definition) is 6. The van der Waals surface area contributed by atoms with Gasteiger partial charge < -0.3 is 10.1 Å². The number of carbonyl (C=O) groups excluding carboxylic acids is 1. The summed E-state index contributed by atoms with van der Waals surface area (Å²) in [6.45, 7) is 4.39. The summed E-state index contributed by atoms with van der Waals surface area (Å²) in [6.07, 6.45) is 0. The van der Waals surface area contributed by atoms with Crippen LogP contribution in [0.3, 0.4) is 0 Å². The molecule has 154 valence electrons. The largest absolute Gasteiger partial charge is 0.379 e. The van der Waals surface area contributed by atoms with E-state index in [-0.39, 0.29) is 29.2 Å². The van der Waals surface area contributed by atoms with Crippen molar-refractivity contribution in [1.82, 2.24) is 4.31 Å². The molecule has 3 rings (SSSR count). The average molecular weight is 419 g/mol. The second-order valence-corrected chi connectivity index (χ2v) is 8.59. The number of hydrogen-bond donors (Lipinski definition) is 1. The third kappa shape index (κ3) is 4.29. The number of nitro groups is 1. The van der Waals surface area contributed by atoms with Gasteiger partial charge >= 0.3 is 0 Å². The smallest absolute Gasteiger partial charge is 0.274 e. The molecule has 1 aliphatic heterocycles. The fourth-order valence-corrected chi connectivity index (χ4v) is 4.52. The Bertz CT molecular complexity index is 1060. The molecule has 0 bridgehead atoms. The predicted octanol–water partition coefficient (Wildman–Crippen LogP) is 2.48. The number of anilines is 1. The van der Waals surface area contributed by atoms with Crippen molar-refractivity contribution in [2.45, 2.75) is 18.7 Å². The molecule has 0 radical (unpaired) electrons. The minimum Gasteiger partial charge on any atom is -0.379 e. The molecular weight excluding hydrogens is 398 g/mol. The van der Waals surface area contributed by atoms with E-state index in [1.807, 2.05) is 0 Å². The fourth-order valence-electron chi connectivity index (χ4n) is 3.09. The van der Waals surface area contributed by atoms with Crippen LogP contribution in [0, 0.1) is 24.0 Å². The number of morpholine rings is 1. The van der Waals surface area contributed by atoms with Gasteiger partial charge in [0.15, 0.2) is 0 Å². The first kappa shape index (κ1) is 20.9. The zero-order valence-corrected chi connectivity index (χ0v) is 16.9. The van der Waals surface area contributed by atoms with E-state index in [9.17, 15) is 23.3 Å². The van der Waals surface area contributed by atoms with Gasteiger partial charge in [0.2, 0.25) is 10.0 Å². The van der Waals surface area contributed by atoms with Crippen molar-refractivity contribution in [3.8, 4) is 0 Å². The number of aryl methyl sites for hydroxylation is 1. The normalized spacial score (nSPS) is 15.1. The van der Waals surface area contributed by atoms with Gasteiger partial charge in [-0.25, -0.2) is 8.42 Å². The summed E-state index contributed by atoms with van der Waals surface area (Å²) in [5, 5.41) is 13.8. The lowest BCUT2D eigenvalue weighted by Gasteiger charge is -2.26. The monoisotopic (exact) mass is 419 g/mol. The van der Waals surface area contributed by atoms with Gasteiger partial charge in [-0.1, -0.05) is 12.1 Å². The van der Waals surface area contributed by atoms with Crippen molar-refractivity contribution in [3.63, 3.8) is 0 Å². The Hall–Kier alpha value is -2.82. The molecule has 0 aliphatic carbocycles. The molecule has 0 unspecified atom stereocenters. The van der Waals surface area contributed by atoms with Gasteiger partial charge in [-0.3, -0.25) is 14.9 Å². The zero-order valence-electron chi connectivity index (χ0n) is 16.0. The van der Waals surface area contributed by atoms with Crippen LogP contribution in [0.5, 0.6) is 0 Å². The molecule has 1 N–H and O–H groups in total. The quantitative estimate of drug-likeness (QED) is 0.587. The van der Waals surface area contributed by atoms with Gasteiger partial charge in [-0.15, -0.1) is 0 Å². The van der Waals surface area contributed by atoms with Crippen molar-refractivity contribution >= 4 is 27.3 Å². The maximum atomic E-state index is 12.9. The molecule has 0 atom stereocenters. The van der Waals surface area contributed by atoms with Gasteiger partial charge in [0, 0.05) is 24.7 Å². The Balaban J connectivity index is 1.91. The molecule has 2 aromatic carbocycles. The molecule has 1 fully saturated rings. The molecule has 0 saturated carbocycles. The van der Waals surface area contributed by atoms with Crippen LogP contribution in [0.4, 0.5) is 11.4 Å². The van der Waals surface area contributed by atoms with E-state index in [1.54, 1.807) is 26.0 Å². The van der Waals surface area contributed by atoms with E-state index in [4.69, 9.17) is 4.74 Å². The zero-order chi connectivity index (χ0) is 21.2. The molecule has 1 aliphatic rings. The molecule has 0 aromatic heterocycles. The second-order valence-electron chi connectivity index (χ2n) is 6.65. The van der Waals surface area contributed by atoms with Gasteiger partial charge in [0.1, 0.15) is 0 Å². The molecule has 10 heteroatoms. The van der Waals surface area contributed by atoms with Gasteiger partial charge in [0.05, 0.1) is 34.3 Å². The summed E-state index contributed by atoms with van der Waals surface area (Å²) in [6, 6.07) is 8.77. The van der Waals surface area contributed by atoms with Crippen molar-refractivity contribution in [2.24, 2.45) is 0 Å². The van der Waals surface area contributed by atoms with Gasteiger partial charge in [-0.05, 0) is 37.6 Å². The topological polar surface area (TPSA) is 119 Å². The SMILES string of the molecule is Cc1ccc(S(=O)(=O)N2CCOCC2)cc1C(=O)Nc1cccc([N+](=O)[O-])c1C. The van der Waals surface area contributed by atoms with Crippen LogP contribution in [0.2, 0.25) is 0 Å². The van der Waals surface area contributed by atoms with Crippen LogP contribution >= 0.6 is 0 Å². The van der Waals surface area contributed by atoms with Gasteiger partial charge in [-0.2, -0.15) is 4.31 Å². The van der Waals surface area contributed by atoms with E-state index in [0.29, 0.717) is 30.0 Å². The van der Waals surface area contributed by atoms with Crippen LogP contribution < -0.4 is 5.32 Å². The predicted molar refractivity (Wildman–Crippen MR) is 107 cm³/mol. The van der Waals surface area contributed by atoms with E-state index in [1.165, 1.54) is 28.6 Å². The number of sulfonamides is 1. The summed E-state index contributed by atoms with van der Waals surface area (Å²) in [5.74, 6) is -0.537. The Morgan fingerprint density at radius 1 is 1.17 bits per heavy atom. The number of ether oxygens (including phenoxy) is 1. The average Bonchev–Trinajstić information content (AvgIpc) is 2.70. The lowest BCUT2D eigenvalue weighted by Crippen LogP contribution is -2.40. The number of nitrogens with zero attached hydrogens (tertiary/aromatic N) is 2. The number of carbonyl (C=O) groups is 1. The molecule has 1 amide bonds. The number of nitrogens with one attached hydrogen (secondary N) is 1. The van der Waals surface area contributed by atoms with E-state index < -0.39 is 20.9 Å². The second kappa shape index (κ2) is 8.27. The Kier molecular flexibility index (Phi) is 5.96. The van der Waals surface area contributed by atoms with Crippen LogP contribution in [-0.4, -0.2) is 49.9 Å². The van der Waals surface area contributed by atoms with Crippen molar-refractivity contribution < 1.29 is 22.9 Å². The van der Waals surface area contributed by atoms with Crippen LogP contribution in [-0.2, 0) is 14.8 Å². The third-order valence-corrected chi connectivity index (χ3v) is 6.71. The first-order valence-corrected chi connectivity index (χ1v) is 10.4. The van der Waals surface area contributed by atoms with E-state index >= 15 is 0 Å². The standard InChI is InChI=1S/C19H21N3O6S/c1-13-6-7-15(29(26,27)21-8-10-28-11-9-21)12-16(13)19(23)20-17-4-3-5-18(14(17)2)22(24)25/h3-7,12H,8-11H2,1-2H3,(H,20,23). The lowest BCUT2D eigenvalue weighted by molar-refractivity contribution is -0.385. The summed E-state index contributed by atoms with van der Waals surface area (Å²) >= 11 is 0. The third-order valence-electron chi connectivity index (χ3n) is 4.81. The number of benzene rings is 2. The summed E-state index contributed by atoms with van der Waals surface area (Å²) < 4.78 is 32.3. The van der Waals surface area contributed by atoms with E-state index in [0.717, 1.165) is 0 Å². The molecule has 1 heterocycles. The van der Waals surface area contributed by atoms with Crippen molar-refractivity contribution in [1.29, 1.82) is 0 Å². The van der Waals surface area contributed by atoms with Gasteiger partial charge in [0.25, 0.3) is 11.6 Å². The Labute approximate surface area is 168 Å².